The molecule has 136 valence electrons. The van der Waals surface area contributed by atoms with Crippen molar-refractivity contribution in [3.8, 4) is 34.3 Å². The summed E-state index contributed by atoms with van der Waals surface area (Å²) in [5.74, 6) is -1.59. The SMILES string of the molecule is Cc1nn2c(O)cc(-c3ccc(C#N)cc3)nc2c1-c1ccc(F)cc1F.[CaH2]. The maximum absolute atomic E-state index is 14.3. The van der Waals surface area contributed by atoms with Crippen molar-refractivity contribution in [3.63, 3.8) is 0 Å². The van der Waals surface area contributed by atoms with E-state index in [-0.39, 0.29) is 54.8 Å². The first kappa shape index (κ1) is 20.2. The Labute approximate surface area is 188 Å². The minimum absolute atomic E-state index is 0. The van der Waals surface area contributed by atoms with E-state index in [2.05, 4.69) is 10.1 Å². The Morgan fingerprint density at radius 3 is 2.43 bits per heavy atom. The first-order chi connectivity index (χ1) is 13.0. The molecule has 0 atom stereocenters. The molecular formula is C20H14CaF2N4O. The molecule has 0 radical (unpaired) electrons. The second kappa shape index (κ2) is 7.84. The number of hydrogen-bond acceptors (Lipinski definition) is 4. The number of fused-ring (bicyclic) bond motifs is 1. The summed E-state index contributed by atoms with van der Waals surface area (Å²) in [6, 6.07) is 13.4. The van der Waals surface area contributed by atoms with Crippen molar-refractivity contribution >= 4 is 43.4 Å². The molecule has 0 aliphatic carbocycles. The van der Waals surface area contributed by atoms with E-state index in [1.807, 2.05) is 6.07 Å². The summed E-state index contributed by atoms with van der Waals surface area (Å²) in [7, 11) is 0. The molecule has 0 spiro atoms. The van der Waals surface area contributed by atoms with Gasteiger partial charge in [-0.25, -0.2) is 13.8 Å². The molecule has 0 amide bonds. The van der Waals surface area contributed by atoms with Crippen LogP contribution in [0.4, 0.5) is 8.78 Å². The van der Waals surface area contributed by atoms with Crippen LogP contribution >= 0.6 is 0 Å². The molecule has 0 aliphatic heterocycles. The molecule has 4 rings (SSSR count). The van der Waals surface area contributed by atoms with E-state index < -0.39 is 11.6 Å². The van der Waals surface area contributed by atoms with Crippen LogP contribution in [0, 0.1) is 29.9 Å². The van der Waals surface area contributed by atoms with Gasteiger partial charge in [0.1, 0.15) is 11.6 Å². The van der Waals surface area contributed by atoms with Gasteiger partial charge in [-0.3, -0.25) is 0 Å². The number of nitrogens with zero attached hydrogens (tertiary/aromatic N) is 4. The molecule has 0 saturated heterocycles. The number of rotatable bonds is 2. The zero-order valence-electron chi connectivity index (χ0n) is 14.1. The van der Waals surface area contributed by atoms with Gasteiger partial charge in [0.15, 0.2) is 5.65 Å². The topological polar surface area (TPSA) is 74.2 Å². The van der Waals surface area contributed by atoms with Crippen molar-refractivity contribution in [3.05, 3.63) is 71.4 Å². The van der Waals surface area contributed by atoms with Crippen LogP contribution in [-0.2, 0) is 0 Å². The van der Waals surface area contributed by atoms with Crippen molar-refractivity contribution in [1.82, 2.24) is 14.6 Å². The van der Waals surface area contributed by atoms with Crippen LogP contribution < -0.4 is 0 Å². The van der Waals surface area contributed by atoms with Crippen molar-refractivity contribution in [2.24, 2.45) is 0 Å². The van der Waals surface area contributed by atoms with Gasteiger partial charge in [-0.2, -0.15) is 14.9 Å². The average Bonchev–Trinajstić information content (AvgIpc) is 2.98. The summed E-state index contributed by atoms with van der Waals surface area (Å²) in [6.45, 7) is 1.66. The van der Waals surface area contributed by atoms with E-state index in [4.69, 9.17) is 5.26 Å². The van der Waals surface area contributed by atoms with Gasteiger partial charge < -0.3 is 5.11 Å². The van der Waals surface area contributed by atoms with E-state index in [0.717, 1.165) is 12.1 Å². The van der Waals surface area contributed by atoms with Crippen molar-refractivity contribution in [2.45, 2.75) is 6.92 Å². The average molecular weight is 404 g/mol. The molecule has 0 aliphatic rings. The third-order valence-corrected chi connectivity index (χ3v) is 4.26. The van der Waals surface area contributed by atoms with Crippen LogP contribution in [-0.4, -0.2) is 57.4 Å². The molecule has 0 unspecified atom stereocenters. The number of aromatic nitrogens is 3. The van der Waals surface area contributed by atoms with E-state index in [9.17, 15) is 13.9 Å². The van der Waals surface area contributed by atoms with E-state index in [0.29, 0.717) is 28.1 Å². The van der Waals surface area contributed by atoms with Crippen LogP contribution in [0.3, 0.4) is 0 Å². The second-order valence-electron chi connectivity index (χ2n) is 6.01. The van der Waals surface area contributed by atoms with Crippen molar-refractivity contribution in [1.29, 1.82) is 5.26 Å². The van der Waals surface area contributed by atoms with Gasteiger partial charge in [-0.15, -0.1) is 0 Å². The Balaban J connectivity index is 0.00000225. The molecule has 2 heterocycles. The molecule has 0 fully saturated rings. The van der Waals surface area contributed by atoms with E-state index in [1.165, 1.54) is 16.6 Å². The van der Waals surface area contributed by atoms with Crippen LogP contribution in [0.25, 0.3) is 28.0 Å². The molecule has 4 aromatic rings. The Kier molecular flexibility index (Phi) is 5.66. The van der Waals surface area contributed by atoms with Crippen LogP contribution in [0.15, 0.2) is 48.5 Å². The molecule has 28 heavy (non-hydrogen) atoms. The summed E-state index contributed by atoms with van der Waals surface area (Å²) in [5.41, 5.74) is 2.83. The number of benzene rings is 2. The van der Waals surface area contributed by atoms with E-state index in [1.54, 1.807) is 31.2 Å². The standard InChI is InChI=1S/C20H12F2N4O.Ca.2H/c1-11-19(15-7-6-14(21)8-16(15)22)20-24-17(9-18(27)26(20)25-11)13-4-2-12(10-23)3-5-13;;;/h2-9,27H,1H3;;;. The Hall–Kier alpha value is -2.53. The molecule has 2 aromatic carbocycles. The zero-order valence-corrected chi connectivity index (χ0v) is 14.1. The van der Waals surface area contributed by atoms with Gasteiger partial charge in [-0.1, -0.05) is 12.1 Å². The summed E-state index contributed by atoms with van der Waals surface area (Å²) in [4.78, 5) is 4.52. The van der Waals surface area contributed by atoms with Crippen molar-refractivity contribution in [2.75, 3.05) is 0 Å². The molecule has 1 N–H and O–H groups in total. The fraction of sp³-hybridized carbons (Fsp3) is 0.0500. The summed E-state index contributed by atoms with van der Waals surface area (Å²) < 4.78 is 28.8. The third-order valence-electron chi connectivity index (χ3n) is 4.26. The number of aryl methyl sites for hydroxylation is 1. The van der Waals surface area contributed by atoms with E-state index >= 15 is 0 Å². The number of aromatic hydroxyl groups is 1. The summed E-state index contributed by atoms with van der Waals surface area (Å²) >= 11 is 0. The van der Waals surface area contributed by atoms with Crippen LogP contribution in [0.1, 0.15) is 11.3 Å². The van der Waals surface area contributed by atoms with Gasteiger partial charge in [0.2, 0.25) is 5.88 Å². The van der Waals surface area contributed by atoms with Gasteiger partial charge in [-0.05, 0) is 31.2 Å². The molecular weight excluding hydrogens is 390 g/mol. The predicted molar refractivity (Wildman–Crippen MR) is 103 cm³/mol. The molecule has 2 aromatic heterocycles. The predicted octanol–water partition coefficient (Wildman–Crippen LogP) is 3.31. The van der Waals surface area contributed by atoms with Crippen LogP contribution in [0.2, 0.25) is 0 Å². The number of nitriles is 1. The molecule has 0 bridgehead atoms. The normalized spacial score (nSPS) is 10.5. The fourth-order valence-electron chi connectivity index (χ4n) is 2.98. The second-order valence-corrected chi connectivity index (χ2v) is 6.01. The van der Waals surface area contributed by atoms with Crippen molar-refractivity contribution < 1.29 is 13.9 Å². The van der Waals surface area contributed by atoms with Gasteiger partial charge >= 0.3 is 37.7 Å². The molecule has 5 nitrogen and oxygen atoms in total. The minimum atomic E-state index is -0.738. The quantitative estimate of drug-likeness (QED) is 0.520. The Morgan fingerprint density at radius 1 is 1.07 bits per heavy atom. The fourth-order valence-corrected chi connectivity index (χ4v) is 2.98. The molecule has 0 saturated carbocycles. The monoisotopic (exact) mass is 404 g/mol. The molecule has 8 heteroatoms. The first-order valence-corrected chi connectivity index (χ1v) is 8.03. The maximum atomic E-state index is 14.3. The summed E-state index contributed by atoms with van der Waals surface area (Å²) in [5, 5.41) is 23.5. The Morgan fingerprint density at radius 2 is 1.79 bits per heavy atom. The van der Waals surface area contributed by atoms with Gasteiger partial charge in [0.25, 0.3) is 0 Å². The zero-order chi connectivity index (χ0) is 19.1. The van der Waals surface area contributed by atoms with Crippen LogP contribution in [0.5, 0.6) is 5.88 Å². The Bertz CT molecular complexity index is 1230. The van der Waals surface area contributed by atoms with Gasteiger partial charge in [0.05, 0.1) is 28.6 Å². The van der Waals surface area contributed by atoms with Gasteiger partial charge in [0, 0.05) is 23.3 Å². The summed E-state index contributed by atoms with van der Waals surface area (Å²) in [6.07, 6.45) is 0. The third kappa shape index (κ3) is 3.47. The first-order valence-electron chi connectivity index (χ1n) is 8.03. The number of halogens is 2. The number of hydrogen-bond donors (Lipinski definition) is 1.